The molecule has 6 aromatic heterocycles. The van der Waals surface area contributed by atoms with Crippen molar-refractivity contribution in [3.05, 3.63) is 322 Å². The molecule has 15 rings (SSSR count). The molecular formula is C92H74F3N19O8S. The second kappa shape index (κ2) is 38.4. The van der Waals surface area contributed by atoms with Crippen molar-refractivity contribution in [2.24, 2.45) is 50.6 Å². The lowest BCUT2D eigenvalue weighted by Crippen LogP contribution is -2.12. The smallest absolute Gasteiger partial charge is 0.435 e. The van der Waals surface area contributed by atoms with Crippen LogP contribution in [0.25, 0.3) is 76.9 Å². The Morgan fingerprint density at radius 3 is 1.29 bits per heavy atom. The number of alkyl halides is 3. The SMILES string of the molecule is COCCOc1ccc2c(N)ncc(C#Cc3cccc(C(N)=NO)c3)c2c1.CS(=O)(=O)c1cccc(-c2ccc3nc(N)cc(C#Cc4cccc(C(N)=NO)c4)c3c2)c1.Cn1nc(C(F)(F)F)cc1-c1ccc2nc(N)cc(C#Cc3cccc(C(N)=NO)c3)c2c1.NC(=NO)c1cccc(C#Cc2cnc(N)c3ccc(-c4ccncc4)cc23)c1. The van der Waals surface area contributed by atoms with Gasteiger partial charge in [-0.05, 0) is 162 Å². The van der Waals surface area contributed by atoms with Crippen LogP contribution < -0.4 is 50.6 Å². The van der Waals surface area contributed by atoms with Gasteiger partial charge in [0, 0.05) is 139 Å². The third-order valence-corrected chi connectivity index (χ3v) is 19.6. The zero-order valence-electron chi connectivity index (χ0n) is 65.6. The molecule has 9 aromatic carbocycles. The Labute approximate surface area is 702 Å². The number of anilines is 4. The Morgan fingerprint density at radius 1 is 0.439 bits per heavy atom. The minimum absolute atomic E-state index is 0.00165. The average Bonchev–Trinajstić information content (AvgIpc) is 1.76. The number of rotatable bonds is 12. The molecule has 27 nitrogen and oxygen atoms in total. The highest BCUT2D eigenvalue weighted by atomic mass is 32.2. The van der Waals surface area contributed by atoms with E-state index in [1.807, 2.05) is 84.9 Å². The first-order chi connectivity index (χ1) is 59.2. The van der Waals surface area contributed by atoms with E-state index in [0.717, 1.165) is 77.5 Å². The first-order valence-electron chi connectivity index (χ1n) is 36.8. The van der Waals surface area contributed by atoms with Gasteiger partial charge in [0.05, 0.1) is 39.4 Å². The summed E-state index contributed by atoms with van der Waals surface area (Å²) in [5.41, 5.74) is 59.0. The van der Waals surface area contributed by atoms with Crippen LogP contribution in [-0.4, -0.2) is 114 Å². The Balaban J connectivity index is 0.000000150. The van der Waals surface area contributed by atoms with Crippen molar-refractivity contribution in [1.82, 2.24) is 34.7 Å². The van der Waals surface area contributed by atoms with Gasteiger partial charge in [0.2, 0.25) is 0 Å². The predicted octanol–water partition coefficient (Wildman–Crippen LogP) is 12.8. The molecule has 0 saturated carbocycles. The van der Waals surface area contributed by atoms with Crippen molar-refractivity contribution in [2.75, 3.05) is 49.5 Å². The number of ether oxygens (including phenoxy) is 2. The normalized spacial score (nSPS) is 11.5. The zero-order valence-corrected chi connectivity index (χ0v) is 66.4. The number of oxime groups is 4. The molecule has 0 unspecified atom stereocenters. The minimum atomic E-state index is -4.54. The summed E-state index contributed by atoms with van der Waals surface area (Å²) in [7, 11) is -0.251. The monoisotopic (exact) mass is 1660 g/mol. The van der Waals surface area contributed by atoms with Crippen molar-refractivity contribution < 1.29 is 51.9 Å². The van der Waals surface area contributed by atoms with Gasteiger partial charge in [-0.15, -0.1) is 0 Å². The maximum absolute atomic E-state index is 13.1. The van der Waals surface area contributed by atoms with Crippen LogP contribution in [0.15, 0.2) is 275 Å². The maximum Gasteiger partial charge on any atom is 0.435 e. The van der Waals surface area contributed by atoms with Gasteiger partial charge in [-0.25, -0.2) is 28.4 Å². The number of halogens is 3. The Hall–Kier alpha value is -17.0. The van der Waals surface area contributed by atoms with Gasteiger partial charge in [-0.1, -0.05) is 153 Å². The summed E-state index contributed by atoms with van der Waals surface area (Å²) < 4.78 is 75.0. The molecule has 15 aromatic rings. The van der Waals surface area contributed by atoms with Crippen LogP contribution in [0.1, 0.15) is 72.5 Å². The molecule has 0 aliphatic rings. The number of hydrogen-bond donors (Lipinski definition) is 12. The lowest BCUT2D eigenvalue weighted by atomic mass is 10.00. The van der Waals surface area contributed by atoms with Gasteiger partial charge in [0.25, 0.3) is 0 Å². The van der Waals surface area contributed by atoms with E-state index < -0.39 is 21.7 Å². The maximum atomic E-state index is 13.1. The number of benzene rings is 9. The van der Waals surface area contributed by atoms with E-state index in [1.165, 1.54) is 18.0 Å². The number of nitrogen functional groups attached to an aromatic ring is 4. The highest BCUT2D eigenvalue weighted by Gasteiger charge is 2.35. The number of hydrogen-bond acceptors (Lipinski definition) is 22. The fourth-order valence-corrected chi connectivity index (χ4v) is 13.1. The molecule has 0 amide bonds. The third-order valence-electron chi connectivity index (χ3n) is 18.5. The van der Waals surface area contributed by atoms with Gasteiger partial charge in [0.1, 0.15) is 35.6 Å². The van der Waals surface area contributed by atoms with Crippen LogP contribution in [0.3, 0.4) is 0 Å². The van der Waals surface area contributed by atoms with Crippen LogP contribution in [0.4, 0.5) is 36.4 Å². The Kier molecular flexibility index (Phi) is 26.6. The number of pyridine rings is 5. The number of nitrogens with two attached hydrogens (primary N) is 8. The number of fused-ring (bicyclic) bond motifs is 4. The first kappa shape index (κ1) is 85.4. The predicted molar refractivity (Wildman–Crippen MR) is 471 cm³/mol. The van der Waals surface area contributed by atoms with Gasteiger partial charge in [-0.2, -0.15) is 18.3 Å². The van der Waals surface area contributed by atoms with Crippen LogP contribution in [-0.2, 0) is 27.8 Å². The van der Waals surface area contributed by atoms with Crippen molar-refractivity contribution in [3.63, 3.8) is 0 Å². The fraction of sp³-hybridized carbons (Fsp3) is 0.0652. The molecule has 612 valence electrons. The van der Waals surface area contributed by atoms with Gasteiger partial charge < -0.3 is 76.2 Å². The molecule has 6 heterocycles. The molecule has 0 saturated heterocycles. The molecule has 0 spiro atoms. The lowest BCUT2D eigenvalue weighted by molar-refractivity contribution is -0.141. The number of aromatic nitrogens is 7. The second-order valence-corrected chi connectivity index (χ2v) is 28.9. The first-order valence-corrected chi connectivity index (χ1v) is 38.7. The summed E-state index contributed by atoms with van der Waals surface area (Å²) >= 11 is 0. The summed E-state index contributed by atoms with van der Waals surface area (Å²) in [5, 5.41) is 55.8. The van der Waals surface area contributed by atoms with E-state index in [4.69, 9.17) is 76.2 Å². The quantitative estimate of drug-likeness (QED) is 0.0135. The highest BCUT2D eigenvalue weighted by molar-refractivity contribution is 7.90. The van der Waals surface area contributed by atoms with Gasteiger partial charge in [-0.3, -0.25) is 9.67 Å². The van der Waals surface area contributed by atoms with Crippen molar-refractivity contribution >= 4 is 99.8 Å². The van der Waals surface area contributed by atoms with Crippen molar-refractivity contribution in [1.29, 1.82) is 0 Å². The second-order valence-electron chi connectivity index (χ2n) is 26.9. The number of sulfone groups is 1. The molecule has 20 N–H and O–H groups in total. The molecule has 31 heteroatoms. The van der Waals surface area contributed by atoms with E-state index in [0.29, 0.717) is 109 Å². The summed E-state index contributed by atoms with van der Waals surface area (Å²) in [6, 6.07) is 65.4. The molecule has 0 bridgehead atoms. The van der Waals surface area contributed by atoms with Crippen LogP contribution >= 0.6 is 0 Å². The summed E-state index contributed by atoms with van der Waals surface area (Å²) in [4.78, 5) is 21.5. The largest absolute Gasteiger partial charge is 0.491 e. The number of nitrogens with zero attached hydrogens (tertiary/aromatic N) is 11. The molecular weight excluding hydrogens is 1590 g/mol. The fourth-order valence-electron chi connectivity index (χ4n) is 12.4. The molecule has 0 aliphatic heterocycles. The van der Waals surface area contributed by atoms with Crippen LogP contribution in [0.5, 0.6) is 5.75 Å². The molecule has 0 atom stereocenters. The van der Waals surface area contributed by atoms with Crippen molar-refractivity contribution in [2.45, 2.75) is 11.1 Å². The van der Waals surface area contributed by atoms with E-state index in [2.05, 4.69) is 104 Å². The summed E-state index contributed by atoms with van der Waals surface area (Å²) in [6.45, 7) is 0.948. The van der Waals surface area contributed by atoms with Crippen LogP contribution in [0.2, 0.25) is 0 Å². The Bertz CT molecular complexity index is 7100. The minimum Gasteiger partial charge on any atom is -0.491 e. The average molecular weight is 1660 g/mol. The standard InChI is InChI=1S/C25H20N4O3S.C23H17F3N6O.C23H17N5O.C21H20N4O3/c1-33(31,32)21-7-3-5-17(13-21)18-10-11-23-22(14-18)19(15-24(26)28-23)9-8-16-4-2-6-20(12-16)25(27)29-30;1-32-19(12-20(30-32)23(24,25)26)15-7-8-18-17(10-15)14(11-21(27)29-18)6-5-13-3-2-4-16(9-13)22(28)31-33;24-22(28-29)18-3-1-2-15(12-18)4-5-19-14-27-23(25)20-7-6-17(13-21(19)20)16-8-10-26-11-9-16;1-27-9-10-28-17-7-8-18-19(12-17)16(13-24-21(18)23)6-5-14-3-2-4-15(11-14)20(22)25-26/h2-7,10-15,30H,1H3,(H2,26,28)(H2,27,29);2-4,7-12,33H,1H3,(H2,27,29)(H2,28,31);1-3,6-14,29H,(H2,24,28)(H2,25,27);2-4,7-8,11-13,26H,9-10H2,1H3,(H2,22,25)(H2,23,24). The highest BCUT2D eigenvalue weighted by Crippen LogP contribution is 2.35. The number of aryl methyl sites for hydroxylation is 1. The topological polar surface area (TPSA) is 473 Å². The third kappa shape index (κ3) is 21.4. The van der Waals surface area contributed by atoms with Gasteiger partial charge in [0.15, 0.2) is 38.9 Å². The van der Waals surface area contributed by atoms with E-state index in [9.17, 15) is 21.6 Å². The van der Waals surface area contributed by atoms with E-state index in [1.54, 1.807) is 159 Å². The molecule has 0 fully saturated rings. The summed E-state index contributed by atoms with van der Waals surface area (Å²) in [5.74, 6) is 26.9. The molecule has 0 radical (unpaired) electrons. The van der Waals surface area contributed by atoms with E-state index >= 15 is 0 Å². The summed E-state index contributed by atoms with van der Waals surface area (Å²) in [6.07, 6.45) is 3.47. The van der Waals surface area contributed by atoms with Gasteiger partial charge >= 0.3 is 6.18 Å². The van der Waals surface area contributed by atoms with Crippen LogP contribution in [0, 0.1) is 47.4 Å². The Morgan fingerprint density at radius 2 is 0.846 bits per heavy atom. The zero-order chi connectivity index (χ0) is 87.5. The molecule has 123 heavy (non-hydrogen) atoms. The number of amidine groups is 4. The number of methoxy groups -OCH3 is 1. The van der Waals surface area contributed by atoms with E-state index in [-0.39, 0.29) is 34.1 Å². The van der Waals surface area contributed by atoms with Crippen molar-refractivity contribution in [3.8, 4) is 86.6 Å². The molecule has 0 aliphatic carbocycles. The lowest BCUT2D eigenvalue weighted by Gasteiger charge is -2.09.